The number of hydrogen-bond donors (Lipinski definition) is 1. The lowest BCUT2D eigenvalue weighted by Gasteiger charge is -2.06. The monoisotopic (exact) mass is 262 g/mol. The lowest BCUT2D eigenvalue weighted by atomic mass is 10.1. The van der Waals surface area contributed by atoms with Gasteiger partial charge in [0.05, 0.1) is 6.61 Å². The van der Waals surface area contributed by atoms with E-state index in [2.05, 4.69) is 22.0 Å². The highest BCUT2D eigenvalue weighted by Gasteiger charge is 2.03. The highest BCUT2D eigenvalue weighted by atomic mass is 79.9. The summed E-state index contributed by atoms with van der Waals surface area (Å²) in [5.74, 6) is 0.676. The van der Waals surface area contributed by atoms with Crippen molar-refractivity contribution >= 4 is 27.5 Å². The minimum atomic E-state index is 0.0787. The molecule has 0 heterocycles. The second-order valence-corrected chi connectivity index (χ2v) is 4.01. The average Bonchev–Trinajstić information content (AvgIpc) is 2.16. The standard InChI is InChI=1S/C10H12BrClO/c11-10-8(5-2-6-12)3-1-4-9(10)7-13/h1,3-4,13H,2,5-7H2. The Morgan fingerprint density at radius 2 is 2.00 bits per heavy atom. The predicted octanol–water partition coefficient (Wildman–Crippen LogP) is 3.11. The Morgan fingerprint density at radius 3 is 2.62 bits per heavy atom. The van der Waals surface area contributed by atoms with Crippen LogP contribution in [-0.4, -0.2) is 11.0 Å². The summed E-state index contributed by atoms with van der Waals surface area (Å²) >= 11 is 9.08. The Morgan fingerprint density at radius 1 is 1.31 bits per heavy atom. The molecule has 0 bridgehead atoms. The van der Waals surface area contributed by atoms with E-state index in [1.165, 1.54) is 5.56 Å². The van der Waals surface area contributed by atoms with Crippen LogP contribution < -0.4 is 0 Å². The fraction of sp³-hybridized carbons (Fsp3) is 0.400. The van der Waals surface area contributed by atoms with Gasteiger partial charge in [-0.1, -0.05) is 34.1 Å². The molecule has 0 saturated heterocycles. The third-order valence-electron chi connectivity index (χ3n) is 1.91. The quantitative estimate of drug-likeness (QED) is 0.828. The normalized spacial score (nSPS) is 10.4. The Balaban J connectivity index is 2.81. The van der Waals surface area contributed by atoms with Gasteiger partial charge in [0.1, 0.15) is 0 Å². The van der Waals surface area contributed by atoms with Crippen molar-refractivity contribution in [2.75, 3.05) is 5.88 Å². The first-order valence-corrected chi connectivity index (χ1v) is 5.55. The third kappa shape index (κ3) is 2.97. The minimum absolute atomic E-state index is 0.0787. The van der Waals surface area contributed by atoms with Gasteiger partial charge < -0.3 is 5.11 Å². The molecule has 0 spiro atoms. The van der Waals surface area contributed by atoms with Crippen LogP contribution in [0.2, 0.25) is 0 Å². The van der Waals surface area contributed by atoms with Crippen LogP contribution in [0.4, 0.5) is 0 Å². The average molecular weight is 264 g/mol. The first-order valence-electron chi connectivity index (χ1n) is 4.22. The first-order chi connectivity index (χ1) is 6.29. The van der Waals surface area contributed by atoms with Crippen molar-refractivity contribution < 1.29 is 5.11 Å². The van der Waals surface area contributed by atoms with Crippen molar-refractivity contribution in [3.8, 4) is 0 Å². The molecule has 0 atom stereocenters. The van der Waals surface area contributed by atoms with Gasteiger partial charge in [0, 0.05) is 10.4 Å². The van der Waals surface area contributed by atoms with Gasteiger partial charge >= 0.3 is 0 Å². The van der Waals surface area contributed by atoms with Gasteiger partial charge in [-0.25, -0.2) is 0 Å². The van der Waals surface area contributed by atoms with E-state index in [9.17, 15) is 0 Å². The number of benzene rings is 1. The van der Waals surface area contributed by atoms with Gasteiger partial charge in [0.25, 0.3) is 0 Å². The van der Waals surface area contributed by atoms with Gasteiger partial charge in [-0.2, -0.15) is 0 Å². The van der Waals surface area contributed by atoms with E-state index in [0.717, 1.165) is 22.9 Å². The number of rotatable bonds is 4. The fourth-order valence-corrected chi connectivity index (χ4v) is 1.93. The van der Waals surface area contributed by atoms with Crippen molar-refractivity contribution in [2.24, 2.45) is 0 Å². The molecule has 0 amide bonds. The summed E-state index contributed by atoms with van der Waals surface area (Å²) in [4.78, 5) is 0. The molecule has 3 heteroatoms. The molecule has 13 heavy (non-hydrogen) atoms. The van der Waals surface area contributed by atoms with Crippen LogP contribution in [0.25, 0.3) is 0 Å². The van der Waals surface area contributed by atoms with Gasteiger partial charge in [-0.05, 0) is 24.0 Å². The molecule has 0 aromatic heterocycles. The summed E-state index contributed by atoms with van der Waals surface area (Å²) in [5.41, 5.74) is 2.15. The second kappa shape index (κ2) is 5.63. The van der Waals surface area contributed by atoms with E-state index < -0.39 is 0 Å². The number of alkyl halides is 1. The van der Waals surface area contributed by atoms with Crippen LogP contribution >= 0.6 is 27.5 Å². The highest BCUT2D eigenvalue weighted by molar-refractivity contribution is 9.10. The molecule has 0 unspecified atom stereocenters. The van der Waals surface area contributed by atoms with Gasteiger partial charge in [0.2, 0.25) is 0 Å². The van der Waals surface area contributed by atoms with Crippen LogP contribution in [0, 0.1) is 0 Å². The molecule has 0 aliphatic rings. The van der Waals surface area contributed by atoms with Crippen molar-refractivity contribution in [2.45, 2.75) is 19.4 Å². The Hall–Kier alpha value is -0.0500. The fourth-order valence-electron chi connectivity index (χ4n) is 1.21. The van der Waals surface area contributed by atoms with E-state index in [-0.39, 0.29) is 6.61 Å². The van der Waals surface area contributed by atoms with E-state index in [4.69, 9.17) is 16.7 Å². The number of halogens is 2. The van der Waals surface area contributed by atoms with E-state index in [0.29, 0.717) is 5.88 Å². The lowest BCUT2D eigenvalue weighted by molar-refractivity contribution is 0.281. The number of aliphatic hydroxyl groups is 1. The van der Waals surface area contributed by atoms with Crippen LogP contribution in [0.1, 0.15) is 17.5 Å². The summed E-state index contributed by atoms with van der Waals surface area (Å²) in [6.07, 6.45) is 1.92. The van der Waals surface area contributed by atoms with Gasteiger partial charge in [0.15, 0.2) is 0 Å². The Bertz CT molecular complexity index is 276. The lowest BCUT2D eigenvalue weighted by Crippen LogP contribution is -1.93. The second-order valence-electron chi connectivity index (χ2n) is 2.84. The molecule has 1 aromatic carbocycles. The molecule has 0 aliphatic heterocycles. The van der Waals surface area contributed by atoms with Crippen LogP contribution in [-0.2, 0) is 13.0 Å². The van der Waals surface area contributed by atoms with Crippen LogP contribution in [0.5, 0.6) is 0 Å². The molecule has 0 aliphatic carbocycles. The topological polar surface area (TPSA) is 20.2 Å². The summed E-state index contributed by atoms with van der Waals surface area (Å²) in [6.45, 7) is 0.0787. The minimum Gasteiger partial charge on any atom is -0.392 e. The maximum atomic E-state index is 9.01. The van der Waals surface area contributed by atoms with Gasteiger partial charge in [-0.15, -0.1) is 11.6 Å². The van der Waals surface area contributed by atoms with Crippen LogP contribution in [0.15, 0.2) is 22.7 Å². The largest absolute Gasteiger partial charge is 0.392 e. The van der Waals surface area contributed by atoms with Crippen molar-refractivity contribution in [3.05, 3.63) is 33.8 Å². The summed E-state index contributed by atoms with van der Waals surface area (Å²) in [7, 11) is 0. The maximum Gasteiger partial charge on any atom is 0.0692 e. The van der Waals surface area contributed by atoms with E-state index in [1.807, 2.05) is 12.1 Å². The Labute approximate surface area is 91.9 Å². The highest BCUT2D eigenvalue weighted by Crippen LogP contribution is 2.23. The molecular weight excluding hydrogens is 251 g/mol. The summed E-state index contributed by atoms with van der Waals surface area (Å²) in [5, 5.41) is 9.01. The number of aliphatic hydroxyl groups excluding tert-OH is 1. The SMILES string of the molecule is OCc1cccc(CCCCl)c1Br. The van der Waals surface area contributed by atoms with Crippen molar-refractivity contribution in [1.29, 1.82) is 0 Å². The van der Waals surface area contributed by atoms with E-state index in [1.54, 1.807) is 0 Å². The van der Waals surface area contributed by atoms with Crippen LogP contribution in [0.3, 0.4) is 0 Å². The van der Waals surface area contributed by atoms with Crippen molar-refractivity contribution in [1.82, 2.24) is 0 Å². The number of aryl methyl sites for hydroxylation is 1. The molecule has 72 valence electrons. The first kappa shape index (κ1) is 11.0. The zero-order valence-corrected chi connectivity index (χ0v) is 9.61. The predicted molar refractivity (Wildman–Crippen MR) is 59.1 cm³/mol. The summed E-state index contributed by atoms with van der Waals surface area (Å²) in [6, 6.07) is 5.92. The number of hydrogen-bond acceptors (Lipinski definition) is 1. The molecule has 0 fully saturated rings. The molecule has 1 nitrogen and oxygen atoms in total. The van der Waals surface area contributed by atoms with Gasteiger partial charge in [-0.3, -0.25) is 0 Å². The zero-order chi connectivity index (χ0) is 9.68. The summed E-state index contributed by atoms with van der Waals surface area (Å²) < 4.78 is 1.02. The molecule has 1 rings (SSSR count). The van der Waals surface area contributed by atoms with Crippen molar-refractivity contribution in [3.63, 3.8) is 0 Å². The molecular formula is C10H12BrClO. The Kier molecular flexibility index (Phi) is 4.78. The third-order valence-corrected chi connectivity index (χ3v) is 3.19. The smallest absolute Gasteiger partial charge is 0.0692 e. The zero-order valence-electron chi connectivity index (χ0n) is 7.26. The maximum absolute atomic E-state index is 9.01. The molecule has 1 aromatic rings. The molecule has 0 saturated carbocycles. The molecule has 0 radical (unpaired) electrons. The molecule has 1 N–H and O–H groups in total. The van der Waals surface area contributed by atoms with E-state index >= 15 is 0 Å².